The molecule has 1 aliphatic rings. The molecule has 1 aromatic carbocycles. The van der Waals surface area contributed by atoms with Crippen LogP contribution in [0.1, 0.15) is 13.3 Å². The molecule has 0 aromatic heterocycles. The highest BCUT2D eigenvalue weighted by molar-refractivity contribution is 5.54. The van der Waals surface area contributed by atoms with Gasteiger partial charge in [0.1, 0.15) is 5.82 Å². The van der Waals surface area contributed by atoms with Crippen LogP contribution in [0.3, 0.4) is 0 Å². The first-order valence-electron chi connectivity index (χ1n) is 5.93. The molecule has 6 heteroatoms. The van der Waals surface area contributed by atoms with Gasteiger partial charge in [-0.2, -0.15) is 0 Å². The second kappa shape index (κ2) is 4.89. The van der Waals surface area contributed by atoms with Gasteiger partial charge in [0.15, 0.2) is 0 Å². The van der Waals surface area contributed by atoms with Crippen LogP contribution in [0.2, 0.25) is 0 Å². The van der Waals surface area contributed by atoms with Gasteiger partial charge in [-0.05, 0) is 25.3 Å². The molecule has 1 aromatic rings. The van der Waals surface area contributed by atoms with Crippen molar-refractivity contribution in [3.63, 3.8) is 0 Å². The standard InChI is InChI=1S/C12H16FN3O2/c1-8(14)9-2-3-15(7-9)11-4-10(13)5-12(6-11)16(17)18/h4-6,8-9H,2-3,7,14H2,1H3. The Labute approximate surface area is 105 Å². The van der Waals surface area contributed by atoms with Gasteiger partial charge in [-0.25, -0.2) is 4.39 Å². The van der Waals surface area contributed by atoms with Gasteiger partial charge in [0.2, 0.25) is 0 Å². The molecule has 0 spiro atoms. The fraction of sp³-hybridized carbons (Fsp3) is 0.500. The second-order valence-electron chi connectivity index (χ2n) is 4.78. The van der Waals surface area contributed by atoms with Gasteiger partial charge in [-0.3, -0.25) is 10.1 Å². The molecule has 98 valence electrons. The molecule has 1 aliphatic heterocycles. The molecule has 0 radical (unpaired) electrons. The average molecular weight is 253 g/mol. The van der Waals surface area contributed by atoms with E-state index in [1.807, 2.05) is 11.8 Å². The molecule has 1 heterocycles. The van der Waals surface area contributed by atoms with Crippen LogP contribution in [0.25, 0.3) is 0 Å². The Morgan fingerprint density at radius 1 is 1.56 bits per heavy atom. The van der Waals surface area contributed by atoms with Crippen LogP contribution in [-0.4, -0.2) is 24.1 Å². The molecule has 2 rings (SSSR count). The third kappa shape index (κ3) is 2.59. The van der Waals surface area contributed by atoms with Gasteiger partial charge in [0.05, 0.1) is 11.0 Å². The molecule has 2 N–H and O–H groups in total. The molecule has 0 amide bonds. The highest BCUT2D eigenvalue weighted by Gasteiger charge is 2.26. The van der Waals surface area contributed by atoms with E-state index in [1.54, 1.807) is 0 Å². The molecule has 0 bridgehead atoms. The Morgan fingerprint density at radius 2 is 2.28 bits per heavy atom. The number of non-ortho nitro benzene ring substituents is 1. The number of nitro groups is 1. The van der Waals surface area contributed by atoms with Gasteiger partial charge in [0, 0.05) is 30.9 Å². The molecule has 1 fully saturated rings. The monoisotopic (exact) mass is 253 g/mol. The summed E-state index contributed by atoms with van der Waals surface area (Å²) in [6.45, 7) is 3.42. The van der Waals surface area contributed by atoms with Crippen molar-refractivity contribution in [3.8, 4) is 0 Å². The van der Waals surface area contributed by atoms with E-state index >= 15 is 0 Å². The quantitative estimate of drug-likeness (QED) is 0.659. The average Bonchev–Trinajstić information content (AvgIpc) is 2.77. The predicted molar refractivity (Wildman–Crippen MR) is 67.0 cm³/mol. The highest BCUT2D eigenvalue weighted by atomic mass is 19.1. The number of anilines is 1. The third-order valence-electron chi connectivity index (χ3n) is 3.41. The van der Waals surface area contributed by atoms with Crippen LogP contribution in [-0.2, 0) is 0 Å². The van der Waals surface area contributed by atoms with Crippen LogP contribution < -0.4 is 10.6 Å². The highest BCUT2D eigenvalue weighted by Crippen LogP contribution is 2.28. The first kappa shape index (κ1) is 12.8. The number of rotatable bonds is 3. The summed E-state index contributed by atoms with van der Waals surface area (Å²) >= 11 is 0. The summed E-state index contributed by atoms with van der Waals surface area (Å²) in [5.41, 5.74) is 6.18. The molecule has 2 unspecified atom stereocenters. The van der Waals surface area contributed by atoms with E-state index in [2.05, 4.69) is 0 Å². The van der Waals surface area contributed by atoms with Crippen molar-refractivity contribution in [1.82, 2.24) is 0 Å². The molecular weight excluding hydrogens is 237 g/mol. The van der Waals surface area contributed by atoms with Gasteiger partial charge < -0.3 is 10.6 Å². The minimum absolute atomic E-state index is 0.0820. The van der Waals surface area contributed by atoms with Gasteiger partial charge in [-0.15, -0.1) is 0 Å². The lowest BCUT2D eigenvalue weighted by molar-refractivity contribution is -0.385. The largest absolute Gasteiger partial charge is 0.371 e. The number of halogens is 1. The van der Waals surface area contributed by atoms with Crippen LogP contribution >= 0.6 is 0 Å². The zero-order chi connectivity index (χ0) is 13.3. The molecule has 1 saturated heterocycles. The van der Waals surface area contributed by atoms with E-state index in [0.717, 1.165) is 25.6 Å². The van der Waals surface area contributed by atoms with Gasteiger partial charge in [0.25, 0.3) is 5.69 Å². The summed E-state index contributed by atoms with van der Waals surface area (Å²) < 4.78 is 13.3. The third-order valence-corrected chi connectivity index (χ3v) is 3.41. The van der Waals surface area contributed by atoms with E-state index in [9.17, 15) is 14.5 Å². The maximum atomic E-state index is 13.3. The minimum Gasteiger partial charge on any atom is -0.371 e. The maximum absolute atomic E-state index is 13.3. The number of benzene rings is 1. The fourth-order valence-electron chi connectivity index (χ4n) is 2.30. The van der Waals surface area contributed by atoms with Crippen molar-refractivity contribution in [2.75, 3.05) is 18.0 Å². The number of hydrogen-bond donors (Lipinski definition) is 1. The second-order valence-corrected chi connectivity index (χ2v) is 4.78. The summed E-state index contributed by atoms with van der Waals surface area (Å²) in [6.07, 6.45) is 0.933. The lowest BCUT2D eigenvalue weighted by Crippen LogP contribution is -2.29. The van der Waals surface area contributed by atoms with Crippen molar-refractivity contribution in [2.45, 2.75) is 19.4 Å². The molecule has 0 aliphatic carbocycles. The lowest BCUT2D eigenvalue weighted by Gasteiger charge is -2.19. The summed E-state index contributed by atoms with van der Waals surface area (Å²) in [5.74, 6) is -0.226. The van der Waals surface area contributed by atoms with E-state index in [-0.39, 0.29) is 11.7 Å². The smallest absolute Gasteiger partial charge is 0.274 e. The van der Waals surface area contributed by atoms with Crippen molar-refractivity contribution in [3.05, 3.63) is 34.1 Å². The van der Waals surface area contributed by atoms with Crippen LogP contribution in [0, 0.1) is 21.8 Å². The summed E-state index contributed by atoms with van der Waals surface area (Å²) in [4.78, 5) is 12.1. The van der Waals surface area contributed by atoms with E-state index < -0.39 is 10.7 Å². The number of nitro benzene ring substituents is 1. The molecule has 2 atom stereocenters. The van der Waals surface area contributed by atoms with Crippen LogP contribution in [0.15, 0.2) is 18.2 Å². The van der Waals surface area contributed by atoms with Crippen LogP contribution in [0.5, 0.6) is 0 Å². The molecule has 0 saturated carbocycles. The zero-order valence-electron chi connectivity index (χ0n) is 10.2. The number of nitrogens with zero attached hydrogens (tertiary/aromatic N) is 2. The van der Waals surface area contributed by atoms with Crippen molar-refractivity contribution < 1.29 is 9.31 Å². The molecular formula is C12H16FN3O2. The SMILES string of the molecule is CC(N)C1CCN(c2cc(F)cc([N+](=O)[O-])c2)C1. The van der Waals surface area contributed by atoms with Gasteiger partial charge >= 0.3 is 0 Å². The Hall–Kier alpha value is -1.69. The van der Waals surface area contributed by atoms with E-state index in [0.29, 0.717) is 11.6 Å². The van der Waals surface area contributed by atoms with Crippen molar-refractivity contribution in [2.24, 2.45) is 11.7 Å². The summed E-state index contributed by atoms with van der Waals surface area (Å²) in [7, 11) is 0. The maximum Gasteiger partial charge on any atom is 0.274 e. The fourth-order valence-corrected chi connectivity index (χ4v) is 2.30. The topological polar surface area (TPSA) is 72.4 Å². The van der Waals surface area contributed by atoms with Crippen molar-refractivity contribution in [1.29, 1.82) is 0 Å². The minimum atomic E-state index is -0.580. The summed E-state index contributed by atoms with van der Waals surface area (Å²) in [6, 6.07) is 3.75. The zero-order valence-corrected chi connectivity index (χ0v) is 10.2. The number of hydrogen-bond acceptors (Lipinski definition) is 4. The first-order chi connectivity index (χ1) is 8.47. The Balaban J connectivity index is 2.21. The molecule has 18 heavy (non-hydrogen) atoms. The first-order valence-corrected chi connectivity index (χ1v) is 5.93. The predicted octanol–water partition coefficient (Wildman–Crippen LogP) is 1.91. The van der Waals surface area contributed by atoms with Crippen molar-refractivity contribution >= 4 is 11.4 Å². The lowest BCUT2D eigenvalue weighted by atomic mass is 10.0. The van der Waals surface area contributed by atoms with E-state index in [1.165, 1.54) is 12.1 Å². The molecule has 5 nitrogen and oxygen atoms in total. The van der Waals surface area contributed by atoms with E-state index in [4.69, 9.17) is 5.73 Å². The van der Waals surface area contributed by atoms with Crippen LogP contribution in [0.4, 0.5) is 15.8 Å². The Bertz CT molecular complexity index is 465. The Morgan fingerprint density at radius 3 is 2.83 bits per heavy atom. The summed E-state index contributed by atoms with van der Waals surface area (Å²) in [5, 5.41) is 10.7. The number of nitrogens with two attached hydrogens (primary N) is 1. The normalized spacial score (nSPS) is 21.1. The van der Waals surface area contributed by atoms with Gasteiger partial charge in [-0.1, -0.05) is 0 Å². The Kier molecular flexibility index (Phi) is 3.47.